The van der Waals surface area contributed by atoms with Gasteiger partial charge >= 0.3 is 6.18 Å². The molecule has 3 rings (SSSR count). The summed E-state index contributed by atoms with van der Waals surface area (Å²) in [6, 6.07) is 1.51. The van der Waals surface area contributed by atoms with Crippen LogP contribution in [0.2, 0.25) is 0 Å². The molecular weight excluding hydrogens is 483 g/mol. The van der Waals surface area contributed by atoms with Crippen LogP contribution in [0.4, 0.5) is 23.9 Å². The number of rotatable bonds is 8. The van der Waals surface area contributed by atoms with Gasteiger partial charge in [-0.25, -0.2) is 4.72 Å². The van der Waals surface area contributed by atoms with E-state index in [0.717, 1.165) is 22.8 Å². The Morgan fingerprint density at radius 2 is 2.09 bits per heavy atom. The molecule has 1 saturated heterocycles. The Balaban J connectivity index is 1.97. The lowest BCUT2D eigenvalue weighted by atomic mass is 9.91. The number of Topliss-reactive ketones (excluding diaryl/α,β-unsaturated/α-hetero) is 1. The fraction of sp³-hybridized carbons (Fsp3) is 0.421. The lowest BCUT2D eigenvalue weighted by molar-refractivity contribution is -0.137. The average Bonchev–Trinajstić information content (AvgIpc) is 3.32. The highest BCUT2D eigenvalue weighted by Gasteiger charge is 2.50. The Morgan fingerprint density at radius 3 is 2.67 bits per heavy atom. The van der Waals surface area contributed by atoms with E-state index in [4.69, 9.17) is 0 Å². The first-order valence-electron chi connectivity index (χ1n) is 9.60. The molecule has 0 aromatic carbocycles. The Bertz CT molecular complexity index is 1150. The highest BCUT2D eigenvalue weighted by atomic mass is 32.2. The molecule has 2 aromatic heterocycles. The number of ketones is 1. The zero-order chi connectivity index (χ0) is 24.6. The molecule has 14 heteroatoms. The Hall–Kier alpha value is -2.55. The van der Waals surface area contributed by atoms with E-state index < -0.39 is 39.3 Å². The number of carbonyl (C=O) groups excluding carboxylic acids is 2. The quantitative estimate of drug-likeness (QED) is 0.418. The van der Waals surface area contributed by atoms with E-state index in [-0.39, 0.29) is 30.2 Å². The summed E-state index contributed by atoms with van der Waals surface area (Å²) in [5, 5.41) is 1.16. The van der Waals surface area contributed by atoms with E-state index in [1.54, 1.807) is 24.8 Å². The standard InChI is InChI=1S/C19H22F3N5O4S2/c1-18(2)17(15(29)9-28)27(16-6-13(10-32-16)19(20,21)22)11-26(18)8-12-4-5-24-7-14(12)25-33(30,31)23-3/h4-7,9-10,17,23,25H,8,11H2,1-3H3. The molecule has 180 valence electrons. The number of nitrogens with one attached hydrogen (secondary N) is 2. The Morgan fingerprint density at radius 1 is 1.39 bits per heavy atom. The van der Waals surface area contributed by atoms with Gasteiger partial charge in [-0.05, 0) is 31.5 Å². The molecule has 0 amide bonds. The van der Waals surface area contributed by atoms with Crippen LogP contribution in [0.3, 0.4) is 0 Å². The molecule has 1 atom stereocenters. The number of pyridine rings is 1. The predicted octanol–water partition coefficient (Wildman–Crippen LogP) is 2.23. The molecule has 1 unspecified atom stereocenters. The van der Waals surface area contributed by atoms with Crippen molar-refractivity contribution in [2.24, 2.45) is 0 Å². The van der Waals surface area contributed by atoms with Crippen molar-refractivity contribution < 1.29 is 31.2 Å². The summed E-state index contributed by atoms with van der Waals surface area (Å²) in [5.41, 5.74) is -1.08. The van der Waals surface area contributed by atoms with Crippen molar-refractivity contribution in [1.29, 1.82) is 0 Å². The van der Waals surface area contributed by atoms with Gasteiger partial charge < -0.3 is 4.90 Å². The highest BCUT2D eigenvalue weighted by Crippen LogP contribution is 2.42. The summed E-state index contributed by atoms with van der Waals surface area (Å²) in [6.07, 6.45) is -1.57. The molecule has 1 aliphatic heterocycles. The molecule has 0 radical (unpaired) electrons. The fourth-order valence-corrected chi connectivity index (χ4v) is 5.22. The maximum absolute atomic E-state index is 13.1. The van der Waals surface area contributed by atoms with Crippen LogP contribution in [0.15, 0.2) is 29.9 Å². The van der Waals surface area contributed by atoms with Crippen molar-refractivity contribution in [1.82, 2.24) is 14.6 Å². The van der Waals surface area contributed by atoms with E-state index in [9.17, 15) is 31.2 Å². The van der Waals surface area contributed by atoms with Crippen LogP contribution in [0.5, 0.6) is 0 Å². The molecular formula is C19H22F3N5O4S2. The van der Waals surface area contributed by atoms with Gasteiger partial charge in [-0.3, -0.25) is 24.2 Å². The molecule has 0 bridgehead atoms. The number of thiophene rings is 1. The summed E-state index contributed by atoms with van der Waals surface area (Å²) in [5.74, 6) is -0.768. The van der Waals surface area contributed by atoms with Crippen LogP contribution < -0.4 is 14.3 Å². The number of hydrogen-bond acceptors (Lipinski definition) is 8. The summed E-state index contributed by atoms with van der Waals surface area (Å²) in [6.45, 7) is 3.58. The van der Waals surface area contributed by atoms with Crippen molar-refractivity contribution in [2.75, 3.05) is 23.3 Å². The lowest BCUT2D eigenvalue weighted by Gasteiger charge is -2.34. The third-order valence-corrected chi connectivity index (χ3v) is 7.48. The second-order valence-corrected chi connectivity index (χ2v) is 10.4. The van der Waals surface area contributed by atoms with Gasteiger partial charge in [0.2, 0.25) is 5.78 Å². The Labute approximate surface area is 192 Å². The lowest BCUT2D eigenvalue weighted by Crippen LogP contribution is -2.51. The van der Waals surface area contributed by atoms with Crippen LogP contribution >= 0.6 is 11.3 Å². The smallest absolute Gasteiger partial charge is 0.338 e. The highest BCUT2D eigenvalue weighted by molar-refractivity contribution is 7.90. The number of hydrogen-bond donors (Lipinski definition) is 2. The summed E-state index contributed by atoms with van der Waals surface area (Å²) < 4.78 is 67.7. The van der Waals surface area contributed by atoms with E-state index in [2.05, 4.69) is 14.4 Å². The summed E-state index contributed by atoms with van der Waals surface area (Å²) >= 11 is 0.830. The van der Waals surface area contributed by atoms with Crippen LogP contribution in [-0.2, 0) is 32.5 Å². The van der Waals surface area contributed by atoms with Gasteiger partial charge in [0.1, 0.15) is 6.04 Å². The van der Waals surface area contributed by atoms with E-state index in [1.807, 2.05) is 0 Å². The first-order valence-corrected chi connectivity index (χ1v) is 12.0. The average molecular weight is 506 g/mol. The molecule has 9 nitrogen and oxygen atoms in total. The van der Waals surface area contributed by atoms with Gasteiger partial charge in [-0.15, -0.1) is 11.3 Å². The number of anilines is 2. The Kier molecular flexibility index (Phi) is 6.84. The predicted molar refractivity (Wildman–Crippen MR) is 117 cm³/mol. The van der Waals surface area contributed by atoms with Gasteiger partial charge in [0.15, 0.2) is 6.29 Å². The molecule has 1 fully saturated rings. The van der Waals surface area contributed by atoms with Crippen LogP contribution in [0.25, 0.3) is 0 Å². The van der Waals surface area contributed by atoms with Crippen LogP contribution in [-0.4, -0.2) is 55.7 Å². The van der Waals surface area contributed by atoms with Gasteiger partial charge in [0.05, 0.1) is 29.1 Å². The normalized spacial score (nSPS) is 19.0. The zero-order valence-corrected chi connectivity index (χ0v) is 19.5. The minimum atomic E-state index is -4.54. The van der Waals surface area contributed by atoms with E-state index >= 15 is 0 Å². The van der Waals surface area contributed by atoms with Crippen molar-refractivity contribution in [3.63, 3.8) is 0 Å². The third kappa shape index (κ3) is 5.18. The van der Waals surface area contributed by atoms with Crippen molar-refractivity contribution in [3.8, 4) is 0 Å². The molecule has 33 heavy (non-hydrogen) atoms. The number of carbonyl (C=O) groups is 2. The monoisotopic (exact) mass is 505 g/mol. The van der Waals surface area contributed by atoms with Crippen molar-refractivity contribution in [2.45, 2.75) is 38.1 Å². The fourth-order valence-electron chi connectivity index (χ4n) is 3.70. The minimum Gasteiger partial charge on any atom is -0.338 e. The van der Waals surface area contributed by atoms with Crippen molar-refractivity contribution >= 4 is 44.3 Å². The first kappa shape index (κ1) is 25.1. The molecule has 0 spiro atoms. The van der Waals surface area contributed by atoms with Crippen molar-refractivity contribution in [3.05, 3.63) is 41.0 Å². The summed E-state index contributed by atoms with van der Waals surface area (Å²) in [7, 11) is -2.58. The van der Waals surface area contributed by atoms with Gasteiger partial charge in [0.25, 0.3) is 10.2 Å². The maximum Gasteiger partial charge on any atom is 0.417 e. The van der Waals surface area contributed by atoms with E-state index in [1.165, 1.54) is 24.3 Å². The third-order valence-electron chi connectivity index (χ3n) is 5.49. The zero-order valence-electron chi connectivity index (χ0n) is 17.9. The first-order chi connectivity index (χ1) is 15.3. The van der Waals surface area contributed by atoms with Crippen LogP contribution in [0, 0.1) is 0 Å². The molecule has 0 saturated carbocycles. The summed E-state index contributed by atoms with van der Waals surface area (Å²) in [4.78, 5) is 31.1. The molecule has 0 aliphatic carbocycles. The number of nitrogens with zero attached hydrogens (tertiary/aromatic N) is 3. The molecule has 3 heterocycles. The molecule has 2 aromatic rings. The number of halogens is 3. The number of alkyl halides is 3. The maximum atomic E-state index is 13.1. The minimum absolute atomic E-state index is 0.0373. The number of aldehydes is 1. The molecule has 1 aliphatic rings. The SMILES string of the molecule is CNS(=O)(=O)Nc1cnccc1CN1CN(c2cc(C(F)(F)F)cs2)C(C(=O)C=O)C1(C)C. The van der Waals surface area contributed by atoms with Crippen LogP contribution in [0.1, 0.15) is 25.0 Å². The second kappa shape index (κ2) is 9.00. The second-order valence-electron chi connectivity index (χ2n) is 7.90. The number of aromatic nitrogens is 1. The topological polar surface area (TPSA) is 112 Å². The molecule has 2 N–H and O–H groups in total. The van der Waals surface area contributed by atoms with Gasteiger partial charge in [0, 0.05) is 30.7 Å². The largest absolute Gasteiger partial charge is 0.417 e. The van der Waals surface area contributed by atoms with Gasteiger partial charge in [-0.1, -0.05) is 0 Å². The van der Waals surface area contributed by atoms with E-state index in [0.29, 0.717) is 5.56 Å². The van der Waals surface area contributed by atoms with Gasteiger partial charge in [-0.2, -0.15) is 21.6 Å².